The molecular formula is C22H29F6N3O3. The molecule has 1 aromatic rings. The Hall–Kier alpha value is -2.21. The van der Waals surface area contributed by atoms with Crippen molar-refractivity contribution in [3.8, 4) is 0 Å². The van der Waals surface area contributed by atoms with Gasteiger partial charge in [-0.1, -0.05) is 19.9 Å². The van der Waals surface area contributed by atoms with E-state index in [4.69, 9.17) is 4.74 Å². The third-order valence-corrected chi connectivity index (χ3v) is 5.97. The highest BCUT2D eigenvalue weighted by Crippen LogP contribution is 2.36. The lowest BCUT2D eigenvalue weighted by atomic mass is 9.95. The third kappa shape index (κ3) is 6.68. The summed E-state index contributed by atoms with van der Waals surface area (Å²) in [5, 5.41) is 0. The summed E-state index contributed by atoms with van der Waals surface area (Å²) in [4.78, 5) is 17.1. The van der Waals surface area contributed by atoms with Crippen LogP contribution in [0.15, 0.2) is 18.2 Å². The van der Waals surface area contributed by atoms with E-state index in [9.17, 15) is 31.1 Å². The Morgan fingerprint density at radius 1 is 0.971 bits per heavy atom. The van der Waals surface area contributed by atoms with Crippen LogP contribution in [0.5, 0.6) is 0 Å². The van der Waals surface area contributed by atoms with Crippen LogP contribution in [0.1, 0.15) is 30.9 Å². The molecule has 192 valence electrons. The Bertz CT molecular complexity index is 818. The topological polar surface area (TPSA) is 45.2 Å². The van der Waals surface area contributed by atoms with Crippen molar-refractivity contribution in [3.63, 3.8) is 0 Å². The van der Waals surface area contributed by atoms with Crippen LogP contribution in [0, 0.1) is 0 Å². The van der Waals surface area contributed by atoms with Crippen molar-refractivity contribution >= 4 is 11.8 Å². The summed E-state index contributed by atoms with van der Waals surface area (Å²) in [5.41, 5.74) is 3.38. The number of carbonyl (C=O) groups is 1. The van der Waals surface area contributed by atoms with E-state index in [0.29, 0.717) is 32.8 Å². The predicted octanol–water partition coefficient (Wildman–Crippen LogP) is 4.39. The molecule has 2 saturated heterocycles. The van der Waals surface area contributed by atoms with Crippen molar-refractivity contribution in [1.82, 2.24) is 9.80 Å². The lowest BCUT2D eigenvalue weighted by Crippen LogP contribution is -2.52. The molecule has 0 saturated carbocycles. The first-order valence-electron chi connectivity index (χ1n) is 11.1. The van der Waals surface area contributed by atoms with Crippen molar-refractivity contribution < 1.29 is 40.6 Å². The number of amides is 1. The van der Waals surface area contributed by atoms with Gasteiger partial charge in [0.2, 0.25) is 0 Å². The minimum Gasteiger partial charge on any atom is -0.426 e. The van der Waals surface area contributed by atoms with E-state index in [1.165, 1.54) is 5.56 Å². The highest BCUT2D eigenvalue weighted by atomic mass is 19.4. The first-order valence-corrected chi connectivity index (χ1v) is 11.1. The summed E-state index contributed by atoms with van der Waals surface area (Å²) in [5.74, 6) is 0.258. The van der Waals surface area contributed by atoms with E-state index in [2.05, 4.69) is 41.7 Å². The van der Waals surface area contributed by atoms with Gasteiger partial charge in [-0.2, -0.15) is 26.3 Å². The van der Waals surface area contributed by atoms with Gasteiger partial charge in [-0.3, -0.25) is 4.90 Å². The van der Waals surface area contributed by atoms with Gasteiger partial charge in [0.15, 0.2) is 0 Å². The first-order chi connectivity index (χ1) is 15.9. The van der Waals surface area contributed by atoms with Gasteiger partial charge < -0.3 is 19.3 Å². The SMILES string of the molecule is CC(C)c1cc(N2CCOCC2)ccc1CN1CCN(C(=O)OC(C(F)(F)F)C(F)(F)F)CC1. The number of nitrogens with zero attached hydrogens (tertiary/aromatic N) is 3. The van der Waals surface area contributed by atoms with Crippen molar-refractivity contribution in [2.45, 2.75) is 44.8 Å². The molecule has 2 aliphatic heterocycles. The molecule has 1 amide bonds. The number of benzene rings is 1. The first kappa shape index (κ1) is 26.4. The Kier molecular flexibility index (Phi) is 8.22. The minimum atomic E-state index is -5.73. The highest BCUT2D eigenvalue weighted by molar-refractivity contribution is 5.68. The molecule has 2 heterocycles. The van der Waals surface area contributed by atoms with Crippen LogP contribution < -0.4 is 4.90 Å². The number of halogens is 6. The second kappa shape index (κ2) is 10.6. The Labute approximate surface area is 194 Å². The number of ether oxygens (including phenoxy) is 2. The highest BCUT2D eigenvalue weighted by Gasteiger charge is 2.60. The summed E-state index contributed by atoms with van der Waals surface area (Å²) < 4.78 is 85.2. The van der Waals surface area contributed by atoms with Crippen LogP contribution >= 0.6 is 0 Å². The number of morpholine rings is 1. The number of rotatable bonds is 5. The maximum atomic E-state index is 12.7. The lowest BCUT2D eigenvalue weighted by molar-refractivity contribution is -0.308. The molecule has 6 nitrogen and oxygen atoms in total. The minimum absolute atomic E-state index is 0.0237. The third-order valence-electron chi connectivity index (χ3n) is 5.97. The average molecular weight is 497 g/mol. The summed E-state index contributed by atoms with van der Waals surface area (Å²) >= 11 is 0. The molecule has 12 heteroatoms. The van der Waals surface area contributed by atoms with Crippen LogP contribution in [-0.4, -0.2) is 86.8 Å². The molecule has 1 aromatic carbocycles. The molecule has 0 radical (unpaired) electrons. The zero-order chi connectivity index (χ0) is 25.1. The molecule has 34 heavy (non-hydrogen) atoms. The lowest BCUT2D eigenvalue weighted by Gasteiger charge is -2.36. The van der Waals surface area contributed by atoms with Gasteiger partial charge in [-0.25, -0.2) is 4.79 Å². The Morgan fingerprint density at radius 2 is 1.56 bits per heavy atom. The van der Waals surface area contributed by atoms with E-state index in [1.54, 1.807) is 0 Å². The molecular weight excluding hydrogens is 468 g/mol. The summed E-state index contributed by atoms with van der Waals surface area (Å²) in [6, 6.07) is 6.26. The van der Waals surface area contributed by atoms with Crippen LogP contribution in [0.25, 0.3) is 0 Å². The summed E-state index contributed by atoms with van der Waals surface area (Å²) in [7, 11) is 0. The Balaban J connectivity index is 1.59. The molecule has 3 rings (SSSR count). The predicted molar refractivity (Wildman–Crippen MR) is 113 cm³/mol. The van der Waals surface area contributed by atoms with Gasteiger partial charge in [0, 0.05) is 51.5 Å². The quantitative estimate of drug-likeness (QED) is 0.565. The monoisotopic (exact) mass is 497 g/mol. The fourth-order valence-corrected chi connectivity index (χ4v) is 4.11. The summed E-state index contributed by atoms with van der Waals surface area (Å²) in [6.45, 7) is 8.30. The van der Waals surface area contributed by atoms with Crippen molar-refractivity contribution in [2.24, 2.45) is 0 Å². The normalized spacial score (nSPS) is 18.6. The van der Waals surface area contributed by atoms with Gasteiger partial charge in [0.25, 0.3) is 6.10 Å². The van der Waals surface area contributed by atoms with E-state index < -0.39 is 24.5 Å². The fourth-order valence-electron chi connectivity index (χ4n) is 4.11. The zero-order valence-corrected chi connectivity index (χ0v) is 19.1. The molecule has 0 unspecified atom stereocenters. The van der Waals surface area contributed by atoms with E-state index in [0.717, 1.165) is 29.2 Å². The molecule has 0 spiro atoms. The largest absolute Gasteiger partial charge is 0.434 e. The van der Waals surface area contributed by atoms with Crippen molar-refractivity contribution in [1.29, 1.82) is 0 Å². The molecule has 0 aromatic heterocycles. The molecule has 0 bridgehead atoms. The van der Waals surface area contributed by atoms with E-state index in [1.807, 2.05) is 4.90 Å². The van der Waals surface area contributed by atoms with Crippen LogP contribution in [-0.2, 0) is 16.0 Å². The number of piperazine rings is 1. The molecule has 0 atom stereocenters. The average Bonchev–Trinajstić information content (AvgIpc) is 2.77. The molecule has 0 aliphatic carbocycles. The maximum Gasteiger partial charge on any atom is 0.434 e. The standard InChI is InChI=1S/C22H29F6N3O3/c1-15(2)18-13-17(30-9-11-33-12-10-30)4-3-16(18)14-29-5-7-31(8-6-29)20(32)34-19(21(23,24)25)22(26,27)28/h3-4,13,15,19H,5-12,14H2,1-2H3. The second-order valence-corrected chi connectivity index (χ2v) is 8.75. The van der Waals surface area contributed by atoms with Crippen molar-refractivity contribution in [3.05, 3.63) is 29.3 Å². The second-order valence-electron chi connectivity index (χ2n) is 8.75. The summed E-state index contributed by atoms with van der Waals surface area (Å²) in [6.07, 6.45) is -17.2. The Morgan fingerprint density at radius 3 is 2.09 bits per heavy atom. The maximum absolute atomic E-state index is 12.7. The zero-order valence-electron chi connectivity index (χ0n) is 19.1. The molecule has 2 aliphatic rings. The van der Waals surface area contributed by atoms with Gasteiger partial charge in [-0.15, -0.1) is 0 Å². The number of anilines is 1. The van der Waals surface area contributed by atoms with Crippen LogP contribution in [0.3, 0.4) is 0 Å². The number of hydrogen-bond acceptors (Lipinski definition) is 5. The van der Waals surface area contributed by atoms with Gasteiger partial charge in [-0.05, 0) is 29.2 Å². The van der Waals surface area contributed by atoms with Crippen molar-refractivity contribution in [2.75, 3.05) is 57.4 Å². The number of hydrogen-bond donors (Lipinski definition) is 0. The smallest absolute Gasteiger partial charge is 0.426 e. The number of carbonyl (C=O) groups excluding carboxylic acids is 1. The van der Waals surface area contributed by atoms with E-state index >= 15 is 0 Å². The van der Waals surface area contributed by atoms with Gasteiger partial charge in [0.05, 0.1) is 13.2 Å². The van der Waals surface area contributed by atoms with Crippen LogP contribution in [0.2, 0.25) is 0 Å². The van der Waals surface area contributed by atoms with Gasteiger partial charge >= 0.3 is 18.4 Å². The molecule has 0 N–H and O–H groups in total. The van der Waals surface area contributed by atoms with E-state index in [-0.39, 0.29) is 19.0 Å². The van der Waals surface area contributed by atoms with Crippen LogP contribution in [0.4, 0.5) is 36.8 Å². The number of alkyl halides is 6. The fraction of sp³-hybridized carbons (Fsp3) is 0.682. The molecule has 2 fully saturated rings. The van der Waals surface area contributed by atoms with Gasteiger partial charge in [0.1, 0.15) is 0 Å².